The Balaban J connectivity index is 1.29. The minimum absolute atomic E-state index is 0.121. The molecule has 0 spiro atoms. The molecular weight excluding hydrogens is 394 g/mol. The molecule has 0 saturated carbocycles. The van der Waals surface area contributed by atoms with E-state index in [2.05, 4.69) is 15.2 Å². The first-order valence-corrected chi connectivity index (χ1v) is 10.9. The molecule has 2 aliphatic rings. The number of hydrogen-bond donors (Lipinski definition) is 1. The van der Waals surface area contributed by atoms with Crippen LogP contribution in [0, 0.1) is 0 Å². The van der Waals surface area contributed by atoms with Crippen LogP contribution in [-0.4, -0.2) is 42.1 Å². The van der Waals surface area contributed by atoms with Crippen LogP contribution in [0.25, 0.3) is 10.4 Å². The van der Waals surface area contributed by atoms with Crippen molar-refractivity contribution in [1.29, 1.82) is 0 Å². The van der Waals surface area contributed by atoms with Crippen molar-refractivity contribution >= 4 is 33.7 Å². The zero-order valence-corrected chi connectivity index (χ0v) is 16.8. The van der Waals surface area contributed by atoms with Crippen LogP contribution in [0.4, 0.5) is 5.13 Å². The zero-order chi connectivity index (χ0) is 18.9. The summed E-state index contributed by atoms with van der Waals surface area (Å²) in [4.78, 5) is 21.4. The fraction of sp³-hybridized carbons (Fsp3) is 0.300. The third-order valence-corrected chi connectivity index (χ3v) is 6.83. The third-order valence-electron chi connectivity index (χ3n) is 4.81. The average molecular weight is 414 g/mol. The van der Waals surface area contributed by atoms with Gasteiger partial charge in [0.05, 0.1) is 23.8 Å². The highest BCUT2D eigenvalue weighted by atomic mass is 32.1. The van der Waals surface area contributed by atoms with E-state index < -0.39 is 0 Å². The largest absolute Gasteiger partial charge is 0.488 e. The molecule has 0 unspecified atom stereocenters. The standard InChI is InChI=1S/C20H19N3O3S2/c24-19(22-20-21-14(12-27-20)10-23-5-7-25-8-6-23)17-9-13-11-26-16-4-2-1-3-15(16)18(13)28-17/h1-4,9,12H,5-8,10-11H2,(H,21,22,24). The topological polar surface area (TPSA) is 63.7 Å². The Hall–Kier alpha value is -2.26. The molecule has 4 heterocycles. The summed E-state index contributed by atoms with van der Waals surface area (Å²) < 4.78 is 11.2. The molecule has 1 fully saturated rings. The number of thiazole rings is 1. The van der Waals surface area contributed by atoms with Gasteiger partial charge in [-0.1, -0.05) is 12.1 Å². The van der Waals surface area contributed by atoms with Crippen molar-refractivity contribution in [3.8, 4) is 16.2 Å². The summed E-state index contributed by atoms with van der Waals surface area (Å²) in [6.45, 7) is 4.66. The predicted octanol–water partition coefficient (Wildman–Crippen LogP) is 3.85. The maximum absolute atomic E-state index is 12.7. The number of para-hydroxylation sites is 1. The van der Waals surface area contributed by atoms with Crippen molar-refractivity contribution in [1.82, 2.24) is 9.88 Å². The molecule has 1 aromatic carbocycles. The monoisotopic (exact) mass is 413 g/mol. The van der Waals surface area contributed by atoms with E-state index in [9.17, 15) is 4.79 Å². The number of anilines is 1. The molecule has 0 aliphatic carbocycles. The molecule has 5 rings (SSSR count). The van der Waals surface area contributed by atoms with Gasteiger partial charge in [0.15, 0.2) is 5.13 Å². The molecule has 0 atom stereocenters. The second kappa shape index (κ2) is 7.63. The minimum Gasteiger partial charge on any atom is -0.488 e. The van der Waals surface area contributed by atoms with Gasteiger partial charge in [0, 0.05) is 41.0 Å². The Morgan fingerprint density at radius 1 is 1.25 bits per heavy atom. The lowest BCUT2D eigenvalue weighted by Gasteiger charge is -2.25. The Morgan fingerprint density at radius 2 is 2.11 bits per heavy atom. The molecule has 144 valence electrons. The molecule has 1 amide bonds. The molecular formula is C20H19N3O3S2. The van der Waals surface area contributed by atoms with Crippen molar-refractivity contribution < 1.29 is 14.3 Å². The van der Waals surface area contributed by atoms with Crippen molar-refractivity contribution in [3.63, 3.8) is 0 Å². The number of nitrogens with zero attached hydrogens (tertiary/aromatic N) is 2. The third kappa shape index (κ3) is 3.56. The van der Waals surface area contributed by atoms with Crippen LogP contribution >= 0.6 is 22.7 Å². The van der Waals surface area contributed by atoms with Gasteiger partial charge < -0.3 is 9.47 Å². The van der Waals surface area contributed by atoms with Crippen molar-refractivity contribution in [2.24, 2.45) is 0 Å². The van der Waals surface area contributed by atoms with Gasteiger partial charge in [-0.25, -0.2) is 4.98 Å². The normalized spacial score (nSPS) is 16.1. The Labute approximate surface area is 170 Å². The van der Waals surface area contributed by atoms with Crippen LogP contribution in [0.3, 0.4) is 0 Å². The second-order valence-electron chi connectivity index (χ2n) is 6.74. The summed E-state index contributed by atoms with van der Waals surface area (Å²) in [5.74, 6) is 0.751. The molecule has 8 heteroatoms. The molecule has 0 bridgehead atoms. The number of carbonyl (C=O) groups excluding carboxylic acids is 1. The number of fused-ring (bicyclic) bond motifs is 3. The van der Waals surface area contributed by atoms with E-state index in [0.717, 1.165) is 60.3 Å². The van der Waals surface area contributed by atoms with Crippen LogP contribution in [0.1, 0.15) is 20.9 Å². The van der Waals surface area contributed by atoms with E-state index in [-0.39, 0.29) is 5.91 Å². The maximum atomic E-state index is 12.7. The maximum Gasteiger partial charge on any atom is 0.267 e. The Morgan fingerprint density at radius 3 is 3.00 bits per heavy atom. The van der Waals surface area contributed by atoms with E-state index in [0.29, 0.717) is 16.6 Å². The second-order valence-corrected chi connectivity index (χ2v) is 8.65. The lowest BCUT2D eigenvalue weighted by atomic mass is 10.1. The number of rotatable bonds is 4. The lowest BCUT2D eigenvalue weighted by Crippen LogP contribution is -2.35. The highest BCUT2D eigenvalue weighted by Crippen LogP contribution is 2.42. The number of hydrogen-bond acceptors (Lipinski definition) is 7. The van der Waals surface area contributed by atoms with E-state index in [1.54, 1.807) is 0 Å². The summed E-state index contributed by atoms with van der Waals surface area (Å²) in [7, 11) is 0. The molecule has 2 aromatic heterocycles. The van der Waals surface area contributed by atoms with Crippen LogP contribution < -0.4 is 10.1 Å². The van der Waals surface area contributed by atoms with Crippen molar-refractivity contribution in [2.45, 2.75) is 13.2 Å². The van der Waals surface area contributed by atoms with Crippen LogP contribution in [-0.2, 0) is 17.9 Å². The van der Waals surface area contributed by atoms with Crippen LogP contribution in [0.2, 0.25) is 0 Å². The number of thiophene rings is 1. The highest BCUT2D eigenvalue weighted by Gasteiger charge is 2.23. The average Bonchev–Trinajstić information content (AvgIpc) is 3.36. The van der Waals surface area contributed by atoms with Crippen molar-refractivity contribution in [3.05, 3.63) is 51.8 Å². The number of morpholine rings is 1. The first-order chi connectivity index (χ1) is 13.8. The first-order valence-electron chi connectivity index (χ1n) is 9.17. The molecule has 28 heavy (non-hydrogen) atoms. The summed E-state index contributed by atoms with van der Waals surface area (Å²) in [6, 6.07) is 9.87. The quantitative estimate of drug-likeness (QED) is 0.704. The zero-order valence-electron chi connectivity index (χ0n) is 15.1. The Kier molecular flexibility index (Phi) is 4.86. The van der Waals surface area contributed by atoms with Gasteiger partial charge in [-0.3, -0.25) is 15.0 Å². The highest BCUT2D eigenvalue weighted by molar-refractivity contribution is 7.18. The molecule has 6 nitrogen and oxygen atoms in total. The number of carbonyl (C=O) groups is 1. The van der Waals surface area contributed by atoms with E-state index in [4.69, 9.17) is 9.47 Å². The van der Waals surface area contributed by atoms with Gasteiger partial charge in [-0.05, 0) is 18.2 Å². The van der Waals surface area contributed by atoms with Gasteiger partial charge >= 0.3 is 0 Å². The van der Waals surface area contributed by atoms with E-state index >= 15 is 0 Å². The summed E-state index contributed by atoms with van der Waals surface area (Å²) in [5, 5.41) is 5.59. The van der Waals surface area contributed by atoms with Gasteiger partial charge in [0.1, 0.15) is 12.4 Å². The minimum atomic E-state index is -0.121. The number of aromatic nitrogens is 1. The SMILES string of the molecule is O=C(Nc1nc(CN2CCOCC2)cs1)c1cc2c(s1)-c1ccccc1OC2. The summed E-state index contributed by atoms with van der Waals surface area (Å²) >= 11 is 2.97. The van der Waals surface area contributed by atoms with Crippen molar-refractivity contribution in [2.75, 3.05) is 31.6 Å². The fourth-order valence-corrected chi connectivity index (χ4v) is 5.18. The van der Waals surface area contributed by atoms with Gasteiger partial charge in [-0.2, -0.15) is 0 Å². The first kappa shape index (κ1) is 17.8. The van der Waals surface area contributed by atoms with Crippen LogP contribution in [0.15, 0.2) is 35.7 Å². The van der Waals surface area contributed by atoms with Gasteiger partial charge in [0.25, 0.3) is 5.91 Å². The Bertz CT molecular complexity index is 1010. The summed E-state index contributed by atoms with van der Waals surface area (Å²) in [5.41, 5.74) is 3.09. The van der Waals surface area contributed by atoms with Gasteiger partial charge in [0.2, 0.25) is 0 Å². The molecule has 1 saturated heterocycles. The van der Waals surface area contributed by atoms with Gasteiger partial charge in [-0.15, -0.1) is 22.7 Å². The molecule has 0 radical (unpaired) electrons. The number of nitrogens with one attached hydrogen (secondary N) is 1. The fourth-order valence-electron chi connectivity index (χ4n) is 3.40. The molecule has 1 N–H and O–H groups in total. The lowest BCUT2D eigenvalue weighted by molar-refractivity contribution is 0.0337. The summed E-state index contributed by atoms with van der Waals surface area (Å²) in [6.07, 6.45) is 0. The smallest absolute Gasteiger partial charge is 0.267 e. The van der Waals surface area contributed by atoms with E-state index in [1.807, 2.05) is 35.7 Å². The number of ether oxygens (including phenoxy) is 2. The van der Waals surface area contributed by atoms with E-state index in [1.165, 1.54) is 22.7 Å². The molecule has 3 aromatic rings. The molecule has 2 aliphatic heterocycles. The predicted molar refractivity (Wildman–Crippen MR) is 110 cm³/mol. The number of amides is 1. The number of benzene rings is 1. The van der Waals surface area contributed by atoms with Crippen LogP contribution in [0.5, 0.6) is 5.75 Å².